The molecular weight excluding hydrogens is 456 g/mol. The van der Waals surface area contributed by atoms with Gasteiger partial charge < -0.3 is 4.98 Å². The molecule has 1 N–H and O–H groups in total. The van der Waals surface area contributed by atoms with Crippen molar-refractivity contribution >= 4 is 21.2 Å². The quantitative estimate of drug-likeness (QED) is 0.589. The summed E-state index contributed by atoms with van der Waals surface area (Å²) in [6.45, 7) is 3.78. The van der Waals surface area contributed by atoms with Crippen LogP contribution in [-0.2, 0) is 29.3 Å². The Hall–Kier alpha value is -2.36. The lowest BCUT2D eigenvalue weighted by Gasteiger charge is -2.28. The third-order valence-electron chi connectivity index (χ3n) is 6.63. The van der Waals surface area contributed by atoms with Gasteiger partial charge in [-0.3, -0.25) is 9.69 Å². The van der Waals surface area contributed by atoms with E-state index in [9.17, 15) is 13.2 Å². The van der Waals surface area contributed by atoms with Gasteiger partial charge in [-0.15, -0.1) is 11.3 Å². The fourth-order valence-corrected chi connectivity index (χ4v) is 7.35. The number of thiazole rings is 1. The summed E-state index contributed by atoms with van der Waals surface area (Å²) in [6.07, 6.45) is 8.25. The number of benzene rings is 1. The fourth-order valence-electron chi connectivity index (χ4n) is 4.73. The molecule has 0 bridgehead atoms. The molecule has 174 valence electrons. The zero-order valence-electron chi connectivity index (χ0n) is 18.7. The summed E-state index contributed by atoms with van der Waals surface area (Å²) in [5, 5.41) is 0. The van der Waals surface area contributed by atoms with E-state index in [4.69, 9.17) is 4.98 Å². The number of aromatic nitrogens is 3. The average molecular weight is 485 g/mol. The summed E-state index contributed by atoms with van der Waals surface area (Å²) >= 11 is 1.20. The normalized spacial score (nSPS) is 17.7. The van der Waals surface area contributed by atoms with Gasteiger partial charge in [-0.25, -0.2) is 18.4 Å². The van der Waals surface area contributed by atoms with Crippen molar-refractivity contribution in [3.05, 3.63) is 68.3 Å². The van der Waals surface area contributed by atoms with E-state index in [0.29, 0.717) is 19.0 Å². The monoisotopic (exact) mass is 484 g/mol. The van der Waals surface area contributed by atoms with Crippen molar-refractivity contribution in [2.24, 2.45) is 0 Å². The molecule has 1 saturated carbocycles. The standard InChI is InChI=1S/C24H28N4O3S2/c1-16-7-9-19(10-8-16)33(30,31)24-25-13-18(32-24)14-28-12-11-21-20(15-28)23(29)27-22(26-21)17-5-3-2-4-6-17/h7-10,13,17H,2-6,11-12,14-15H2,1H3,(H,26,27,29). The van der Waals surface area contributed by atoms with Crippen molar-refractivity contribution in [1.82, 2.24) is 19.9 Å². The van der Waals surface area contributed by atoms with Gasteiger partial charge in [-0.05, 0) is 31.9 Å². The number of nitrogens with zero attached hydrogens (tertiary/aromatic N) is 3. The molecule has 9 heteroatoms. The second-order valence-electron chi connectivity index (χ2n) is 9.08. The first-order valence-electron chi connectivity index (χ1n) is 11.5. The van der Waals surface area contributed by atoms with E-state index in [1.54, 1.807) is 30.5 Å². The second-order valence-corrected chi connectivity index (χ2v) is 12.3. The van der Waals surface area contributed by atoms with E-state index in [-0.39, 0.29) is 14.8 Å². The van der Waals surface area contributed by atoms with Crippen LogP contribution in [0.5, 0.6) is 0 Å². The predicted octanol–water partition coefficient (Wildman–Crippen LogP) is 3.97. The van der Waals surface area contributed by atoms with Crippen LogP contribution in [0.4, 0.5) is 0 Å². The van der Waals surface area contributed by atoms with Crippen LogP contribution in [0.1, 0.15) is 65.5 Å². The smallest absolute Gasteiger partial charge is 0.255 e. The highest BCUT2D eigenvalue weighted by Gasteiger charge is 2.26. The molecule has 0 spiro atoms. The Morgan fingerprint density at radius 1 is 1.15 bits per heavy atom. The molecule has 3 heterocycles. The van der Waals surface area contributed by atoms with Crippen molar-refractivity contribution in [3.63, 3.8) is 0 Å². The largest absolute Gasteiger partial charge is 0.310 e. The minimum absolute atomic E-state index is 0.0304. The first-order chi connectivity index (χ1) is 15.9. The summed E-state index contributed by atoms with van der Waals surface area (Å²) in [5.74, 6) is 1.24. The van der Waals surface area contributed by atoms with Crippen LogP contribution in [0.25, 0.3) is 0 Å². The predicted molar refractivity (Wildman–Crippen MR) is 127 cm³/mol. The molecule has 7 nitrogen and oxygen atoms in total. The first-order valence-corrected chi connectivity index (χ1v) is 13.8. The Morgan fingerprint density at radius 2 is 1.91 bits per heavy atom. The van der Waals surface area contributed by atoms with Crippen molar-refractivity contribution in [2.45, 2.75) is 73.7 Å². The molecule has 0 atom stereocenters. The van der Waals surface area contributed by atoms with Gasteiger partial charge in [0.1, 0.15) is 5.82 Å². The van der Waals surface area contributed by atoms with E-state index in [2.05, 4.69) is 14.9 Å². The van der Waals surface area contributed by atoms with E-state index in [1.807, 2.05) is 6.92 Å². The number of sulfone groups is 1. The lowest BCUT2D eigenvalue weighted by Crippen LogP contribution is -2.36. The number of H-pyrrole nitrogens is 1. The summed E-state index contributed by atoms with van der Waals surface area (Å²) < 4.78 is 25.9. The van der Waals surface area contributed by atoms with Crippen LogP contribution < -0.4 is 5.56 Å². The molecule has 1 aliphatic heterocycles. The number of hydrogen-bond acceptors (Lipinski definition) is 7. The Morgan fingerprint density at radius 3 is 2.67 bits per heavy atom. The van der Waals surface area contributed by atoms with E-state index >= 15 is 0 Å². The Labute approximate surface area is 197 Å². The van der Waals surface area contributed by atoms with Crippen molar-refractivity contribution in [1.29, 1.82) is 0 Å². The summed E-state index contributed by atoms with van der Waals surface area (Å²) in [5.41, 5.74) is 2.63. The summed E-state index contributed by atoms with van der Waals surface area (Å²) in [7, 11) is -3.62. The van der Waals surface area contributed by atoms with Gasteiger partial charge in [-0.1, -0.05) is 37.0 Å². The molecule has 0 saturated heterocycles. The molecule has 0 unspecified atom stereocenters. The molecule has 3 aromatic rings. The van der Waals surface area contributed by atoms with Gasteiger partial charge >= 0.3 is 0 Å². The Balaban J connectivity index is 1.30. The molecule has 2 aromatic heterocycles. The Kier molecular flexibility index (Phi) is 6.20. The molecule has 1 aromatic carbocycles. The third-order valence-corrected chi connectivity index (χ3v) is 9.77. The van der Waals surface area contributed by atoms with Crippen molar-refractivity contribution in [3.8, 4) is 0 Å². The summed E-state index contributed by atoms with van der Waals surface area (Å²) in [6, 6.07) is 6.82. The van der Waals surface area contributed by atoms with Crippen LogP contribution in [-0.4, -0.2) is 34.8 Å². The molecule has 33 heavy (non-hydrogen) atoms. The van der Waals surface area contributed by atoms with Crippen molar-refractivity contribution in [2.75, 3.05) is 6.54 Å². The highest BCUT2D eigenvalue weighted by atomic mass is 32.2. The highest BCUT2D eigenvalue weighted by molar-refractivity contribution is 7.93. The number of aryl methyl sites for hydroxylation is 1. The molecule has 5 rings (SSSR count). The highest BCUT2D eigenvalue weighted by Crippen LogP contribution is 2.31. The second kappa shape index (κ2) is 9.12. The number of fused-ring (bicyclic) bond motifs is 1. The maximum atomic E-state index is 12.9. The van der Waals surface area contributed by atoms with Crippen LogP contribution in [0, 0.1) is 6.92 Å². The van der Waals surface area contributed by atoms with E-state index in [1.165, 1.54) is 30.6 Å². The zero-order chi connectivity index (χ0) is 23.0. The number of rotatable bonds is 5. The molecule has 0 amide bonds. The molecule has 0 radical (unpaired) electrons. The first kappa shape index (κ1) is 22.4. The molecular formula is C24H28N4O3S2. The summed E-state index contributed by atoms with van der Waals surface area (Å²) in [4.78, 5) is 28.2. The van der Waals surface area contributed by atoms with Gasteiger partial charge in [0.2, 0.25) is 14.2 Å². The van der Waals surface area contributed by atoms with Crippen LogP contribution in [0.3, 0.4) is 0 Å². The van der Waals surface area contributed by atoms with Crippen molar-refractivity contribution < 1.29 is 8.42 Å². The van der Waals surface area contributed by atoms with E-state index in [0.717, 1.165) is 53.3 Å². The number of nitrogens with one attached hydrogen (secondary N) is 1. The maximum absolute atomic E-state index is 12.9. The minimum atomic E-state index is -3.62. The number of aromatic amines is 1. The molecule has 1 aliphatic carbocycles. The average Bonchev–Trinajstić information content (AvgIpc) is 3.30. The SMILES string of the molecule is Cc1ccc(S(=O)(=O)c2ncc(CN3CCc4nc(C5CCCCC5)[nH]c(=O)c4C3)s2)cc1. The van der Waals surface area contributed by atoms with Gasteiger partial charge in [0.15, 0.2) is 0 Å². The Bertz CT molecular complexity index is 1310. The zero-order valence-corrected chi connectivity index (χ0v) is 20.3. The van der Waals surface area contributed by atoms with Crippen LogP contribution in [0.15, 0.2) is 44.5 Å². The molecule has 1 fully saturated rings. The fraction of sp³-hybridized carbons (Fsp3) is 0.458. The third kappa shape index (κ3) is 4.67. The number of hydrogen-bond donors (Lipinski definition) is 1. The van der Waals surface area contributed by atoms with Gasteiger partial charge in [-0.2, -0.15) is 0 Å². The lowest BCUT2D eigenvalue weighted by molar-refractivity contribution is 0.243. The van der Waals surface area contributed by atoms with E-state index < -0.39 is 9.84 Å². The lowest BCUT2D eigenvalue weighted by atomic mass is 9.88. The van der Waals surface area contributed by atoms with Gasteiger partial charge in [0.25, 0.3) is 5.56 Å². The van der Waals surface area contributed by atoms with Gasteiger partial charge in [0.05, 0.1) is 16.2 Å². The van der Waals surface area contributed by atoms with Crippen LogP contribution in [0.2, 0.25) is 0 Å². The topological polar surface area (TPSA) is 96.0 Å². The maximum Gasteiger partial charge on any atom is 0.255 e. The van der Waals surface area contributed by atoms with Crippen LogP contribution >= 0.6 is 11.3 Å². The van der Waals surface area contributed by atoms with Gasteiger partial charge in [0, 0.05) is 43.0 Å². The minimum Gasteiger partial charge on any atom is -0.310 e. The molecule has 2 aliphatic rings.